The van der Waals surface area contributed by atoms with Gasteiger partial charge in [0.2, 0.25) is 0 Å². The quantitative estimate of drug-likeness (QED) is 0.848. The largest absolute Gasteiger partial charge is 0.351 e. The number of alkyl halides is 1. The van der Waals surface area contributed by atoms with Gasteiger partial charge in [-0.1, -0.05) is 53.5 Å². The first kappa shape index (κ1) is 13.5. The molecule has 16 heavy (non-hydrogen) atoms. The van der Waals surface area contributed by atoms with Crippen LogP contribution in [0.3, 0.4) is 0 Å². The Bertz CT molecular complexity index is 368. The van der Waals surface area contributed by atoms with Crippen molar-refractivity contribution in [1.29, 1.82) is 0 Å². The molecule has 0 bridgehead atoms. The van der Waals surface area contributed by atoms with E-state index in [1.165, 1.54) is 0 Å². The van der Waals surface area contributed by atoms with Crippen molar-refractivity contribution in [3.05, 3.63) is 34.9 Å². The Morgan fingerprint density at radius 2 is 2.06 bits per heavy atom. The fourth-order valence-electron chi connectivity index (χ4n) is 1.17. The Hall–Kier alpha value is -0.540. The van der Waals surface area contributed by atoms with Crippen LogP contribution in [0.4, 0.5) is 0 Å². The highest BCUT2D eigenvalue weighted by atomic mass is 79.9. The first-order valence-corrected chi connectivity index (χ1v) is 6.48. The van der Waals surface area contributed by atoms with Crippen LogP contribution in [0.2, 0.25) is 5.02 Å². The average molecular weight is 305 g/mol. The molecule has 1 rings (SSSR count). The van der Waals surface area contributed by atoms with E-state index in [0.29, 0.717) is 23.0 Å². The Kier molecular flexibility index (Phi) is 5.29. The summed E-state index contributed by atoms with van der Waals surface area (Å²) in [5.74, 6) is 0.349. The van der Waals surface area contributed by atoms with Crippen LogP contribution in [0.1, 0.15) is 24.2 Å². The molecule has 1 unspecified atom stereocenters. The molecule has 0 radical (unpaired) electrons. The van der Waals surface area contributed by atoms with Crippen LogP contribution in [-0.2, 0) is 0 Å². The topological polar surface area (TPSA) is 29.1 Å². The monoisotopic (exact) mass is 303 g/mol. The molecule has 1 aromatic carbocycles. The Morgan fingerprint density at radius 3 is 2.62 bits per heavy atom. The van der Waals surface area contributed by atoms with E-state index in [1.54, 1.807) is 24.3 Å². The van der Waals surface area contributed by atoms with Gasteiger partial charge in [-0.05, 0) is 18.1 Å². The maximum Gasteiger partial charge on any atom is 0.252 e. The lowest BCUT2D eigenvalue weighted by molar-refractivity contribution is 0.0953. The molecule has 0 spiro atoms. The predicted molar refractivity (Wildman–Crippen MR) is 71.3 cm³/mol. The molecule has 0 heterocycles. The van der Waals surface area contributed by atoms with Crippen molar-refractivity contribution < 1.29 is 4.79 Å². The third-order valence-electron chi connectivity index (χ3n) is 2.30. The third-order valence-corrected chi connectivity index (χ3v) is 4.01. The van der Waals surface area contributed by atoms with Gasteiger partial charge in [-0.3, -0.25) is 4.79 Å². The molecule has 0 aliphatic heterocycles. The number of amides is 1. The number of benzene rings is 1. The van der Waals surface area contributed by atoms with Gasteiger partial charge in [0.25, 0.3) is 5.91 Å². The van der Waals surface area contributed by atoms with Gasteiger partial charge >= 0.3 is 0 Å². The molecule has 0 fully saturated rings. The van der Waals surface area contributed by atoms with Gasteiger partial charge in [-0.15, -0.1) is 0 Å². The summed E-state index contributed by atoms with van der Waals surface area (Å²) in [5, 5.41) is 3.33. The van der Waals surface area contributed by atoms with Gasteiger partial charge in [0.05, 0.1) is 10.6 Å². The van der Waals surface area contributed by atoms with Crippen LogP contribution >= 0.6 is 27.5 Å². The number of hydrogen-bond donors (Lipinski definition) is 1. The van der Waals surface area contributed by atoms with Crippen molar-refractivity contribution in [3.63, 3.8) is 0 Å². The highest BCUT2D eigenvalue weighted by molar-refractivity contribution is 9.09. The summed E-state index contributed by atoms with van der Waals surface area (Å²) >= 11 is 9.44. The van der Waals surface area contributed by atoms with Gasteiger partial charge in [-0.2, -0.15) is 0 Å². The lowest BCUT2D eigenvalue weighted by Gasteiger charge is -2.14. The zero-order chi connectivity index (χ0) is 12.1. The minimum absolute atomic E-state index is 0.129. The number of rotatable bonds is 4. The molecule has 0 aliphatic carbocycles. The summed E-state index contributed by atoms with van der Waals surface area (Å²) in [6, 6.07) is 7.04. The van der Waals surface area contributed by atoms with E-state index >= 15 is 0 Å². The van der Waals surface area contributed by atoms with Crippen molar-refractivity contribution >= 4 is 33.4 Å². The molecule has 0 aliphatic rings. The molecular formula is C12H15BrClNO. The van der Waals surface area contributed by atoms with Crippen LogP contribution in [0.15, 0.2) is 24.3 Å². The molecule has 4 heteroatoms. The number of carbonyl (C=O) groups excluding carboxylic acids is 1. The number of halogens is 2. The number of hydrogen-bond acceptors (Lipinski definition) is 1. The third kappa shape index (κ3) is 3.80. The van der Waals surface area contributed by atoms with Gasteiger partial charge in [0.15, 0.2) is 0 Å². The van der Waals surface area contributed by atoms with Gasteiger partial charge in [0, 0.05) is 11.4 Å². The molecule has 1 amide bonds. The summed E-state index contributed by atoms with van der Waals surface area (Å²) in [5.41, 5.74) is 0.521. The number of nitrogens with one attached hydrogen (secondary N) is 1. The summed E-state index contributed by atoms with van der Waals surface area (Å²) in [7, 11) is 0. The van der Waals surface area contributed by atoms with Crippen LogP contribution < -0.4 is 5.32 Å². The van der Waals surface area contributed by atoms with Crippen LogP contribution in [0.5, 0.6) is 0 Å². The maximum atomic E-state index is 11.8. The van der Waals surface area contributed by atoms with Crippen LogP contribution in [0, 0.1) is 5.92 Å². The van der Waals surface area contributed by atoms with Crippen LogP contribution in [-0.4, -0.2) is 17.3 Å². The summed E-state index contributed by atoms with van der Waals surface area (Å²) < 4.78 is 0. The SMILES string of the molecule is CC(C)C(Br)CNC(=O)c1ccccc1Cl. The van der Waals surface area contributed by atoms with Crippen molar-refractivity contribution in [3.8, 4) is 0 Å². The minimum Gasteiger partial charge on any atom is -0.351 e. The first-order valence-electron chi connectivity index (χ1n) is 5.19. The first-order chi connectivity index (χ1) is 7.52. The highest BCUT2D eigenvalue weighted by Crippen LogP contribution is 2.15. The van der Waals surface area contributed by atoms with Gasteiger partial charge in [0.1, 0.15) is 0 Å². The predicted octanol–water partition coefficient (Wildman–Crippen LogP) is 3.49. The highest BCUT2D eigenvalue weighted by Gasteiger charge is 2.13. The molecule has 2 nitrogen and oxygen atoms in total. The number of carbonyl (C=O) groups is 1. The summed E-state index contributed by atoms with van der Waals surface area (Å²) in [6.45, 7) is 4.80. The zero-order valence-electron chi connectivity index (χ0n) is 9.34. The molecular weight excluding hydrogens is 289 g/mol. The molecule has 0 aromatic heterocycles. The second-order valence-corrected chi connectivity index (χ2v) is 5.53. The molecule has 0 saturated carbocycles. The minimum atomic E-state index is -0.129. The molecule has 0 saturated heterocycles. The molecule has 88 valence electrons. The molecule has 1 N–H and O–H groups in total. The van der Waals surface area contributed by atoms with E-state index in [1.807, 2.05) is 0 Å². The van der Waals surface area contributed by atoms with E-state index in [2.05, 4.69) is 35.1 Å². The smallest absolute Gasteiger partial charge is 0.252 e. The maximum absolute atomic E-state index is 11.8. The standard InChI is InChI=1S/C12H15BrClNO/c1-8(2)10(13)7-15-12(16)9-5-3-4-6-11(9)14/h3-6,8,10H,7H2,1-2H3,(H,15,16). The normalized spacial score (nSPS) is 12.6. The zero-order valence-corrected chi connectivity index (χ0v) is 11.7. The Morgan fingerprint density at radius 1 is 1.44 bits per heavy atom. The lowest BCUT2D eigenvalue weighted by atomic mass is 10.1. The van der Waals surface area contributed by atoms with E-state index < -0.39 is 0 Å². The van der Waals surface area contributed by atoms with Crippen molar-refractivity contribution in [2.75, 3.05) is 6.54 Å². The Balaban J connectivity index is 2.57. The summed E-state index contributed by atoms with van der Waals surface area (Å²) in [4.78, 5) is 12.1. The van der Waals surface area contributed by atoms with E-state index in [4.69, 9.17) is 11.6 Å². The fourth-order valence-corrected chi connectivity index (χ4v) is 1.55. The second-order valence-electron chi connectivity index (χ2n) is 3.95. The van der Waals surface area contributed by atoms with E-state index in [-0.39, 0.29) is 10.7 Å². The average Bonchev–Trinajstić information content (AvgIpc) is 2.25. The summed E-state index contributed by atoms with van der Waals surface area (Å²) in [6.07, 6.45) is 0. The van der Waals surface area contributed by atoms with E-state index in [0.717, 1.165) is 0 Å². The Labute approximate surface area is 110 Å². The fraction of sp³-hybridized carbons (Fsp3) is 0.417. The lowest BCUT2D eigenvalue weighted by Crippen LogP contribution is -2.31. The van der Waals surface area contributed by atoms with Gasteiger partial charge in [-0.25, -0.2) is 0 Å². The van der Waals surface area contributed by atoms with Crippen LogP contribution in [0.25, 0.3) is 0 Å². The van der Waals surface area contributed by atoms with Crippen molar-refractivity contribution in [2.45, 2.75) is 18.7 Å². The molecule has 1 atom stereocenters. The van der Waals surface area contributed by atoms with Crippen molar-refractivity contribution in [2.24, 2.45) is 5.92 Å². The van der Waals surface area contributed by atoms with E-state index in [9.17, 15) is 4.79 Å². The second kappa shape index (κ2) is 6.26. The molecule has 1 aromatic rings. The van der Waals surface area contributed by atoms with Crippen molar-refractivity contribution in [1.82, 2.24) is 5.32 Å². The van der Waals surface area contributed by atoms with Gasteiger partial charge < -0.3 is 5.32 Å².